The van der Waals surface area contributed by atoms with Gasteiger partial charge < -0.3 is 20.1 Å². The van der Waals surface area contributed by atoms with E-state index in [1.165, 1.54) is 17.0 Å². The quantitative estimate of drug-likeness (QED) is 0.380. The summed E-state index contributed by atoms with van der Waals surface area (Å²) in [7, 11) is 0. The molecule has 3 aliphatic rings. The second kappa shape index (κ2) is 10.2. The summed E-state index contributed by atoms with van der Waals surface area (Å²) in [4.78, 5) is 27.0. The smallest absolute Gasteiger partial charge is 0.249 e. The molecule has 2 N–H and O–H groups in total. The Kier molecular flexibility index (Phi) is 6.38. The fourth-order valence-corrected chi connectivity index (χ4v) is 6.61. The number of amides is 1. The van der Waals surface area contributed by atoms with Crippen LogP contribution in [0, 0.1) is 5.82 Å². The van der Waals surface area contributed by atoms with Crippen LogP contribution in [-0.2, 0) is 30.8 Å². The highest BCUT2D eigenvalue weighted by atomic mass is 32.1. The van der Waals surface area contributed by atoms with Crippen LogP contribution in [0.4, 0.5) is 15.2 Å². The fourth-order valence-electron chi connectivity index (χ4n) is 6.08. The lowest BCUT2D eigenvalue weighted by Gasteiger charge is -2.29. The SMILES string of the molecule is O=C(Nc1nccs1)C(c1ncn2c1CCC2)N1Cc2cc(-c3ccc(N4CCNCC4)cc3)cc(F)c2C1. The number of aryl methyl sites for hydroxylation is 1. The highest BCUT2D eigenvalue weighted by Crippen LogP contribution is 2.38. The number of rotatable bonds is 6. The predicted octanol–water partition coefficient (Wildman–Crippen LogP) is 4.20. The Morgan fingerprint density at radius 1 is 1.05 bits per heavy atom. The molecular formula is C29H30FN7OS. The van der Waals surface area contributed by atoms with E-state index in [1.807, 2.05) is 16.6 Å². The summed E-state index contributed by atoms with van der Waals surface area (Å²) in [5.74, 6) is -0.416. The average molecular weight is 544 g/mol. The van der Waals surface area contributed by atoms with E-state index in [0.717, 1.165) is 73.6 Å². The lowest BCUT2D eigenvalue weighted by molar-refractivity contribution is -0.122. The molecule has 1 saturated heterocycles. The molecule has 7 rings (SSSR count). The van der Waals surface area contributed by atoms with E-state index in [1.54, 1.807) is 12.3 Å². The van der Waals surface area contributed by atoms with Crippen molar-refractivity contribution in [3.63, 3.8) is 0 Å². The van der Waals surface area contributed by atoms with E-state index in [2.05, 4.69) is 60.4 Å². The van der Waals surface area contributed by atoms with Gasteiger partial charge in [-0.15, -0.1) is 11.3 Å². The van der Waals surface area contributed by atoms with Gasteiger partial charge in [-0.2, -0.15) is 0 Å². The van der Waals surface area contributed by atoms with Gasteiger partial charge in [-0.1, -0.05) is 12.1 Å². The number of piperazine rings is 1. The zero-order valence-electron chi connectivity index (χ0n) is 21.6. The number of carbonyl (C=O) groups excluding carboxylic acids is 1. The van der Waals surface area contributed by atoms with E-state index in [9.17, 15) is 4.79 Å². The summed E-state index contributed by atoms with van der Waals surface area (Å²) < 4.78 is 17.7. The van der Waals surface area contributed by atoms with E-state index < -0.39 is 6.04 Å². The minimum atomic E-state index is -0.628. The molecule has 0 aliphatic carbocycles. The number of nitrogens with one attached hydrogen (secondary N) is 2. The van der Waals surface area contributed by atoms with Crippen LogP contribution in [0.15, 0.2) is 54.3 Å². The standard InChI is InChI=1S/C29H30FN7OS/c30-24-15-20(19-3-5-22(6-4-19)35-11-7-31-8-12-35)14-21-16-37(17-23(21)24)27(28(38)34-29-32-9-13-39-29)26-25-2-1-10-36(25)18-33-26/h3-6,9,13-15,18,27,31H,1-2,7-8,10-12,16-17H2,(H,32,34,38). The molecule has 1 amide bonds. The van der Waals surface area contributed by atoms with E-state index in [4.69, 9.17) is 0 Å². The van der Waals surface area contributed by atoms with Crippen molar-refractivity contribution in [1.29, 1.82) is 0 Å². The van der Waals surface area contributed by atoms with Crippen LogP contribution >= 0.6 is 11.3 Å². The molecule has 8 nitrogen and oxygen atoms in total. The molecule has 3 aliphatic heterocycles. The van der Waals surface area contributed by atoms with Crippen LogP contribution in [0.2, 0.25) is 0 Å². The van der Waals surface area contributed by atoms with Gasteiger partial charge in [0.2, 0.25) is 5.91 Å². The Labute approximate surface area is 230 Å². The van der Waals surface area contributed by atoms with Crippen molar-refractivity contribution in [3.05, 3.63) is 82.6 Å². The number of anilines is 2. The molecule has 1 fully saturated rings. The van der Waals surface area contributed by atoms with Crippen molar-refractivity contribution in [2.75, 3.05) is 36.4 Å². The molecule has 2 aromatic heterocycles. The number of nitrogens with zero attached hydrogens (tertiary/aromatic N) is 5. The first kappa shape index (κ1) is 24.4. The number of halogens is 1. The Hall–Kier alpha value is -3.60. The lowest BCUT2D eigenvalue weighted by atomic mass is 9.99. The van der Waals surface area contributed by atoms with Gasteiger partial charge in [0.15, 0.2) is 5.13 Å². The highest BCUT2D eigenvalue weighted by molar-refractivity contribution is 7.13. The highest BCUT2D eigenvalue weighted by Gasteiger charge is 2.38. The van der Waals surface area contributed by atoms with Gasteiger partial charge >= 0.3 is 0 Å². The summed E-state index contributed by atoms with van der Waals surface area (Å²) in [5.41, 5.74) is 6.45. The van der Waals surface area contributed by atoms with Gasteiger partial charge in [-0.25, -0.2) is 14.4 Å². The van der Waals surface area contributed by atoms with Crippen LogP contribution in [0.1, 0.15) is 35.0 Å². The van der Waals surface area contributed by atoms with Crippen molar-refractivity contribution >= 4 is 28.1 Å². The largest absolute Gasteiger partial charge is 0.369 e. The normalized spacial score (nSPS) is 17.7. The van der Waals surface area contributed by atoms with Gasteiger partial charge in [0.1, 0.15) is 11.9 Å². The number of hydrogen-bond acceptors (Lipinski definition) is 7. The monoisotopic (exact) mass is 543 g/mol. The third-order valence-corrected chi connectivity index (χ3v) is 8.72. The zero-order chi connectivity index (χ0) is 26.3. The van der Waals surface area contributed by atoms with E-state index >= 15 is 4.39 Å². The van der Waals surface area contributed by atoms with Gasteiger partial charge in [-0.05, 0) is 53.8 Å². The third-order valence-electron chi connectivity index (χ3n) is 8.03. The summed E-state index contributed by atoms with van der Waals surface area (Å²) in [6, 6.07) is 11.5. The summed E-state index contributed by atoms with van der Waals surface area (Å²) in [5, 5.41) is 8.73. The number of aromatic nitrogens is 3. The molecule has 39 heavy (non-hydrogen) atoms. The number of benzene rings is 2. The van der Waals surface area contributed by atoms with Crippen LogP contribution in [0.3, 0.4) is 0 Å². The van der Waals surface area contributed by atoms with Gasteiger partial charge in [0.05, 0.1) is 12.0 Å². The first-order valence-corrected chi connectivity index (χ1v) is 14.4. The summed E-state index contributed by atoms with van der Waals surface area (Å²) in [6.07, 6.45) is 5.42. The maximum atomic E-state index is 15.5. The first-order chi connectivity index (χ1) is 19.1. The molecule has 0 bridgehead atoms. The molecule has 0 saturated carbocycles. The van der Waals surface area contributed by atoms with Crippen LogP contribution in [0.5, 0.6) is 0 Å². The maximum Gasteiger partial charge on any atom is 0.249 e. The molecule has 5 heterocycles. The predicted molar refractivity (Wildman–Crippen MR) is 150 cm³/mol. The van der Waals surface area contributed by atoms with E-state index in [0.29, 0.717) is 23.8 Å². The van der Waals surface area contributed by atoms with Crippen molar-refractivity contribution in [3.8, 4) is 11.1 Å². The summed E-state index contributed by atoms with van der Waals surface area (Å²) >= 11 is 1.38. The molecule has 1 unspecified atom stereocenters. The maximum absolute atomic E-state index is 15.5. The molecule has 10 heteroatoms. The molecule has 1 atom stereocenters. The van der Waals surface area contributed by atoms with Gasteiger partial charge in [0.25, 0.3) is 0 Å². The number of imidazole rings is 1. The number of carbonyl (C=O) groups is 1. The van der Waals surface area contributed by atoms with Crippen molar-refractivity contribution in [1.82, 2.24) is 24.8 Å². The Morgan fingerprint density at radius 3 is 2.69 bits per heavy atom. The molecule has 4 aromatic rings. The molecule has 0 radical (unpaired) electrons. The Morgan fingerprint density at radius 2 is 1.90 bits per heavy atom. The number of thiazole rings is 1. The number of fused-ring (bicyclic) bond motifs is 2. The van der Waals surface area contributed by atoms with Gasteiger partial charge in [-0.3, -0.25) is 9.69 Å². The number of hydrogen-bond donors (Lipinski definition) is 2. The van der Waals surface area contributed by atoms with E-state index in [-0.39, 0.29) is 11.7 Å². The first-order valence-electron chi connectivity index (χ1n) is 13.5. The minimum Gasteiger partial charge on any atom is -0.369 e. The second-order valence-corrected chi connectivity index (χ2v) is 11.3. The van der Waals surface area contributed by atoms with Crippen LogP contribution in [0.25, 0.3) is 11.1 Å². The van der Waals surface area contributed by atoms with Crippen LogP contribution < -0.4 is 15.5 Å². The van der Waals surface area contributed by atoms with Crippen LogP contribution in [-0.4, -0.2) is 51.5 Å². The van der Waals surface area contributed by atoms with Crippen molar-refractivity contribution in [2.24, 2.45) is 0 Å². The van der Waals surface area contributed by atoms with Gasteiger partial charge in [0, 0.05) is 74.3 Å². The lowest BCUT2D eigenvalue weighted by Crippen LogP contribution is -2.43. The fraction of sp³-hybridized carbons (Fsp3) is 0.345. The molecule has 2 aromatic carbocycles. The topological polar surface area (TPSA) is 78.3 Å². The molecular weight excluding hydrogens is 513 g/mol. The minimum absolute atomic E-state index is 0.185. The molecule has 200 valence electrons. The third kappa shape index (κ3) is 4.62. The van der Waals surface area contributed by atoms with Crippen molar-refractivity contribution < 1.29 is 9.18 Å². The zero-order valence-corrected chi connectivity index (χ0v) is 22.4. The average Bonchev–Trinajstić information content (AvgIpc) is 3.76. The van der Waals surface area contributed by atoms with Crippen molar-refractivity contribution in [2.45, 2.75) is 38.5 Å². The molecule has 0 spiro atoms. The summed E-state index contributed by atoms with van der Waals surface area (Å²) in [6.45, 7) is 5.68. The second-order valence-electron chi connectivity index (χ2n) is 10.4. The Bertz CT molecular complexity index is 1490. The Balaban J connectivity index is 1.17.